The van der Waals surface area contributed by atoms with E-state index in [9.17, 15) is 14.7 Å². The van der Waals surface area contributed by atoms with E-state index in [1.165, 1.54) is 6.92 Å². The van der Waals surface area contributed by atoms with Gasteiger partial charge in [-0.05, 0) is 13.8 Å². The minimum Gasteiger partial charge on any atom is -0.389 e. The molecule has 0 aliphatic carbocycles. The Kier molecular flexibility index (Phi) is 5.15. The minimum atomic E-state index is -0.899. The van der Waals surface area contributed by atoms with Crippen molar-refractivity contribution in [2.45, 2.75) is 32.8 Å². The Morgan fingerprint density at radius 1 is 1.29 bits per heavy atom. The third-order valence-corrected chi connectivity index (χ3v) is 1.44. The second-order valence-electron chi connectivity index (χ2n) is 3.82. The van der Waals surface area contributed by atoms with E-state index in [0.29, 0.717) is 6.54 Å². The lowest BCUT2D eigenvalue weighted by molar-refractivity contribution is -0.122. The number of hydrogen-bond donors (Lipinski definition) is 3. The largest absolute Gasteiger partial charge is 0.389 e. The van der Waals surface area contributed by atoms with Crippen LogP contribution >= 0.6 is 0 Å². The molecular formula is C9H18N2O3. The number of aliphatic hydroxyl groups is 1. The number of amides is 2. The van der Waals surface area contributed by atoms with Crippen molar-refractivity contribution in [3.8, 4) is 0 Å². The fourth-order valence-electron chi connectivity index (χ4n) is 0.755. The second kappa shape index (κ2) is 5.59. The highest BCUT2D eigenvalue weighted by atomic mass is 16.3. The van der Waals surface area contributed by atoms with Crippen molar-refractivity contribution < 1.29 is 14.7 Å². The van der Waals surface area contributed by atoms with Crippen molar-refractivity contribution in [2.24, 2.45) is 0 Å². The first-order chi connectivity index (χ1) is 6.31. The highest BCUT2D eigenvalue weighted by molar-refractivity contribution is 5.77. The summed E-state index contributed by atoms with van der Waals surface area (Å²) in [7, 11) is 0. The fourth-order valence-corrected chi connectivity index (χ4v) is 0.755. The molecule has 0 saturated carbocycles. The Morgan fingerprint density at radius 2 is 1.86 bits per heavy atom. The average molecular weight is 202 g/mol. The molecule has 0 atom stereocenters. The summed E-state index contributed by atoms with van der Waals surface area (Å²) in [5.41, 5.74) is -0.899. The van der Waals surface area contributed by atoms with Gasteiger partial charge in [-0.25, -0.2) is 0 Å². The predicted octanol–water partition coefficient (Wildman–Crippen LogP) is -0.600. The van der Waals surface area contributed by atoms with E-state index < -0.39 is 5.60 Å². The normalized spacial score (nSPS) is 10.9. The van der Waals surface area contributed by atoms with Gasteiger partial charge in [0.15, 0.2) is 0 Å². The summed E-state index contributed by atoms with van der Waals surface area (Å²) in [6.07, 6.45) is 0.232. The molecule has 82 valence electrons. The zero-order chi connectivity index (χ0) is 11.2. The van der Waals surface area contributed by atoms with Gasteiger partial charge in [-0.2, -0.15) is 0 Å². The molecule has 0 spiro atoms. The summed E-state index contributed by atoms with van der Waals surface area (Å²) >= 11 is 0. The van der Waals surface area contributed by atoms with Crippen molar-refractivity contribution >= 4 is 11.8 Å². The molecular weight excluding hydrogens is 184 g/mol. The van der Waals surface area contributed by atoms with Crippen molar-refractivity contribution in [3.05, 3.63) is 0 Å². The summed E-state index contributed by atoms with van der Waals surface area (Å²) in [5.74, 6) is -0.332. The summed E-state index contributed by atoms with van der Waals surface area (Å²) < 4.78 is 0. The van der Waals surface area contributed by atoms with E-state index in [1.54, 1.807) is 13.8 Å². The molecule has 0 aliphatic heterocycles. The van der Waals surface area contributed by atoms with Gasteiger partial charge in [0.2, 0.25) is 11.8 Å². The first-order valence-electron chi connectivity index (χ1n) is 4.55. The molecule has 14 heavy (non-hydrogen) atoms. The van der Waals surface area contributed by atoms with E-state index in [4.69, 9.17) is 0 Å². The van der Waals surface area contributed by atoms with Gasteiger partial charge in [0.1, 0.15) is 0 Å². The van der Waals surface area contributed by atoms with Crippen LogP contribution in [0.1, 0.15) is 27.2 Å². The molecule has 0 fully saturated rings. The number of hydrogen-bond acceptors (Lipinski definition) is 3. The Morgan fingerprint density at radius 3 is 2.29 bits per heavy atom. The smallest absolute Gasteiger partial charge is 0.221 e. The van der Waals surface area contributed by atoms with Crippen molar-refractivity contribution in [1.29, 1.82) is 0 Å². The highest BCUT2D eigenvalue weighted by Gasteiger charge is 2.13. The monoisotopic (exact) mass is 202 g/mol. The van der Waals surface area contributed by atoms with Crippen LogP contribution in [-0.4, -0.2) is 35.6 Å². The molecule has 0 radical (unpaired) electrons. The number of rotatable bonds is 5. The van der Waals surface area contributed by atoms with Crippen LogP contribution in [0.15, 0.2) is 0 Å². The zero-order valence-corrected chi connectivity index (χ0v) is 8.89. The van der Waals surface area contributed by atoms with E-state index in [2.05, 4.69) is 10.6 Å². The van der Waals surface area contributed by atoms with Gasteiger partial charge < -0.3 is 15.7 Å². The molecule has 0 heterocycles. The summed E-state index contributed by atoms with van der Waals surface area (Å²) in [4.78, 5) is 21.6. The van der Waals surface area contributed by atoms with Crippen LogP contribution in [0.3, 0.4) is 0 Å². The summed E-state index contributed by atoms with van der Waals surface area (Å²) in [6.45, 7) is 5.16. The molecule has 0 rings (SSSR count). The van der Waals surface area contributed by atoms with Crippen molar-refractivity contribution in [2.75, 3.05) is 13.1 Å². The fraction of sp³-hybridized carbons (Fsp3) is 0.778. The third-order valence-electron chi connectivity index (χ3n) is 1.44. The average Bonchev–Trinajstić information content (AvgIpc) is 1.99. The summed E-state index contributed by atoms with van der Waals surface area (Å²) in [5, 5.41) is 14.4. The van der Waals surface area contributed by atoms with E-state index in [0.717, 1.165) is 0 Å². The van der Waals surface area contributed by atoms with Gasteiger partial charge in [0, 0.05) is 26.4 Å². The molecule has 0 aromatic rings. The Bertz CT molecular complexity index is 209. The molecule has 0 saturated heterocycles. The SMILES string of the molecule is CC(=O)NCCC(=O)NCC(C)(C)O. The van der Waals surface area contributed by atoms with Crippen LogP contribution in [0, 0.1) is 0 Å². The number of nitrogens with one attached hydrogen (secondary N) is 2. The first kappa shape index (κ1) is 12.9. The van der Waals surface area contributed by atoms with Crippen LogP contribution in [-0.2, 0) is 9.59 Å². The van der Waals surface area contributed by atoms with Gasteiger partial charge in [-0.1, -0.05) is 0 Å². The van der Waals surface area contributed by atoms with Crippen LogP contribution in [0.4, 0.5) is 0 Å². The molecule has 5 nitrogen and oxygen atoms in total. The first-order valence-corrected chi connectivity index (χ1v) is 4.55. The van der Waals surface area contributed by atoms with Gasteiger partial charge in [-0.15, -0.1) is 0 Å². The lowest BCUT2D eigenvalue weighted by atomic mass is 10.1. The predicted molar refractivity (Wildman–Crippen MR) is 52.6 cm³/mol. The Hall–Kier alpha value is -1.10. The Labute approximate surface area is 83.9 Å². The Balaban J connectivity index is 3.52. The van der Waals surface area contributed by atoms with Crippen LogP contribution in [0.5, 0.6) is 0 Å². The molecule has 0 bridgehead atoms. The quantitative estimate of drug-likeness (QED) is 0.557. The summed E-state index contributed by atoms with van der Waals surface area (Å²) in [6, 6.07) is 0. The molecule has 0 aromatic carbocycles. The van der Waals surface area contributed by atoms with E-state index in [1.807, 2.05) is 0 Å². The zero-order valence-electron chi connectivity index (χ0n) is 8.89. The highest BCUT2D eigenvalue weighted by Crippen LogP contribution is 1.97. The molecule has 5 heteroatoms. The number of carbonyl (C=O) groups excluding carboxylic acids is 2. The van der Waals surface area contributed by atoms with Crippen molar-refractivity contribution in [1.82, 2.24) is 10.6 Å². The van der Waals surface area contributed by atoms with Crippen LogP contribution in [0.2, 0.25) is 0 Å². The van der Waals surface area contributed by atoms with Crippen LogP contribution < -0.4 is 10.6 Å². The van der Waals surface area contributed by atoms with Gasteiger partial charge >= 0.3 is 0 Å². The van der Waals surface area contributed by atoms with Gasteiger partial charge in [0.05, 0.1) is 5.60 Å². The van der Waals surface area contributed by atoms with Crippen molar-refractivity contribution in [3.63, 3.8) is 0 Å². The number of carbonyl (C=O) groups is 2. The topological polar surface area (TPSA) is 78.4 Å². The maximum absolute atomic E-state index is 11.1. The standard InChI is InChI=1S/C9H18N2O3/c1-7(12)10-5-4-8(13)11-6-9(2,3)14/h14H,4-6H2,1-3H3,(H,10,12)(H,11,13). The molecule has 0 unspecified atom stereocenters. The van der Waals surface area contributed by atoms with Gasteiger partial charge in [-0.3, -0.25) is 9.59 Å². The van der Waals surface area contributed by atoms with Crippen LogP contribution in [0.25, 0.3) is 0 Å². The van der Waals surface area contributed by atoms with E-state index >= 15 is 0 Å². The minimum absolute atomic E-state index is 0.153. The molecule has 2 amide bonds. The maximum Gasteiger partial charge on any atom is 0.221 e. The molecule has 0 aliphatic rings. The molecule has 3 N–H and O–H groups in total. The second-order valence-corrected chi connectivity index (χ2v) is 3.82. The maximum atomic E-state index is 11.1. The lowest BCUT2D eigenvalue weighted by Crippen LogP contribution is -2.39. The third kappa shape index (κ3) is 8.99. The van der Waals surface area contributed by atoms with Gasteiger partial charge in [0.25, 0.3) is 0 Å². The lowest BCUT2D eigenvalue weighted by Gasteiger charge is -2.17. The molecule has 0 aromatic heterocycles. The van der Waals surface area contributed by atoms with E-state index in [-0.39, 0.29) is 24.8 Å².